The number of benzene rings is 1. The molecule has 3 nitrogen and oxygen atoms in total. The third-order valence-corrected chi connectivity index (χ3v) is 4.52. The summed E-state index contributed by atoms with van der Waals surface area (Å²) in [6.45, 7) is 5.59. The van der Waals surface area contributed by atoms with Crippen LogP contribution in [0.4, 0.5) is 0 Å². The van der Waals surface area contributed by atoms with E-state index in [0.29, 0.717) is 6.04 Å². The summed E-state index contributed by atoms with van der Waals surface area (Å²) in [7, 11) is 0. The highest BCUT2D eigenvalue weighted by Gasteiger charge is 2.22. The Bertz CT molecular complexity index is 398. The van der Waals surface area contributed by atoms with Gasteiger partial charge in [0.1, 0.15) is 5.75 Å². The standard InChI is InChI=1S/C19H31NO2/c1-2-3-4-7-16-22-18-10-8-17(9-11-18)19(12-15-21)20-13-5-6-14-20/h8-11,19,21H,2-7,12-16H2,1H3. The van der Waals surface area contributed by atoms with Crippen molar-refractivity contribution in [1.29, 1.82) is 0 Å². The van der Waals surface area contributed by atoms with E-state index in [1.54, 1.807) is 0 Å². The molecule has 1 aromatic carbocycles. The highest BCUT2D eigenvalue weighted by Crippen LogP contribution is 2.29. The molecule has 0 aliphatic carbocycles. The lowest BCUT2D eigenvalue weighted by atomic mass is 10.0. The van der Waals surface area contributed by atoms with Gasteiger partial charge in [-0.05, 0) is 56.5 Å². The van der Waals surface area contributed by atoms with Crippen molar-refractivity contribution >= 4 is 0 Å². The number of aliphatic hydroxyl groups is 1. The second kappa shape index (κ2) is 9.86. The van der Waals surface area contributed by atoms with Crippen molar-refractivity contribution in [3.05, 3.63) is 29.8 Å². The van der Waals surface area contributed by atoms with Crippen molar-refractivity contribution in [3.63, 3.8) is 0 Å². The lowest BCUT2D eigenvalue weighted by molar-refractivity contribution is 0.185. The molecule has 0 amide bonds. The van der Waals surface area contributed by atoms with Gasteiger partial charge in [0.25, 0.3) is 0 Å². The van der Waals surface area contributed by atoms with Gasteiger partial charge in [0.15, 0.2) is 0 Å². The Balaban J connectivity index is 1.85. The van der Waals surface area contributed by atoms with Crippen LogP contribution >= 0.6 is 0 Å². The van der Waals surface area contributed by atoms with Gasteiger partial charge in [-0.3, -0.25) is 4.90 Å². The molecule has 0 spiro atoms. The number of hydrogen-bond acceptors (Lipinski definition) is 3. The molecular formula is C19H31NO2. The zero-order chi connectivity index (χ0) is 15.6. The predicted octanol–water partition coefficient (Wildman–Crippen LogP) is 4.17. The summed E-state index contributed by atoms with van der Waals surface area (Å²) in [6, 6.07) is 8.84. The Morgan fingerprint density at radius 3 is 2.45 bits per heavy atom. The molecule has 1 aliphatic rings. The summed E-state index contributed by atoms with van der Waals surface area (Å²) in [4.78, 5) is 2.50. The van der Waals surface area contributed by atoms with Crippen LogP contribution in [0.3, 0.4) is 0 Å². The van der Waals surface area contributed by atoms with Gasteiger partial charge in [0.2, 0.25) is 0 Å². The van der Waals surface area contributed by atoms with E-state index in [9.17, 15) is 5.11 Å². The minimum Gasteiger partial charge on any atom is -0.494 e. The van der Waals surface area contributed by atoms with Crippen molar-refractivity contribution in [2.45, 2.75) is 57.9 Å². The first kappa shape index (κ1) is 17.3. The summed E-state index contributed by atoms with van der Waals surface area (Å²) in [5.74, 6) is 0.962. The topological polar surface area (TPSA) is 32.7 Å². The molecule has 1 saturated heterocycles. The average molecular weight is 305 g/mol. The second-order valence-electron chi connectivity index (χ2n) is 6.25. The van der Waals surface area contributed by atoms with E-state index in [2.05, 4.69) is 36.1 Å². The maximum atomic E-state index is 9.35. The largest absolute Gasteiger partial charge is 0.494 e. The van der Waals surface area contributed by atoms with Gasteiger partial charge >= 0.3 is 0 Å². The van der Waals surface area contributed by atoms with Crippen LogP contribution in [0.1, 0.15) is 63.5 Å². The molecule has 1 N–H and O–H groups in total. The van der Waals surface area contributed by atoms with Gasteiger partial charge in [0, 0.05) is 12.6 Å². The van der Waals surface area contributed by atoms with Crippen molar-refractivity contribution in [2.75, 3.05) is 26.3 Å². The number of rotatable bonds is 10. The van der Waals surface area contributed by atoms with E-state index in [1.807, 2.05) is 0 Å². The Labute approximate surface area is 135 Å². The first-order chi connectivity index (χ1) is 10.8. The van der Waals surface area contributed by atoms with Crippen LogP contribution in [0, 0.1) is 0 Å². The Morgan fingerprint density at radius 1 is 1.09 bits per heavy atom. The number of unbranched alkanes of at least 4 members (excludes halogenated alkanes) is 3. The monoisotopic (exact) mass is 305 g/mol. The minimum atomic E-state index is 0.247. The Morgan fingerprint density at radius 2 is 1.82 bits per heavy atom. The van der Waals surface area contributed by atoms with E-state index in [0.717, 1.165) is 38.3 Å². The number of likely N-dealkylation sites (tertiary alicyclic amines) is 1. The minimum absolute atomic E-state index is 0.247. The number of ether oxygens (including phenoxy) is 1. The lowest BCUT2D eigenvalue weighted by Gasteiger charge is -2.27. The fourth-order valence-electron chi connectivity index (χ4n) is 3.24. The molecule has 1 atom stereocenters. The van der Waals surface area contributed by atoms with Crippen LogP contribution in [0.2, 0.25) is 0 Å². The molecule has 2 rings (SSSR count). The predicted molar refractivity (Wildman–Crippen MR) is 91.3 cm³/mol. The third-order valence-electron chi connectivity index (χ3n) is 4.52. The normalized spacial score (nSPS) is 16.8. The van der Waals surface area contributed by atoms with Crippen LogP contribution in [-0.4, -0.2) is 36.3 Å². The van der Waals surface area contributed by atoms with Crippen molar-refractivity contribution < 1.29 is 9.84 Å². The van der Waals surface area contributed by atoms with Crippen LogP contribution < -0.4 is 4.74 Å². The van der Waals surface area contributed by atoms with Crippen molar-refractivity contribution in [2.24, 2.45) is 0 Å². The van der Waals surface area contributed by atoms with E-state index >= 15 is 0 Å². The van der Waals surface area contributed by atoms with Gasteiger partial charge in [-0.25, -0.2) is 0 Å². The van der Waals surface area contributed by atoms with Gasteiger partial charge in [-0.2, -0.15) is 0 Å². The van der Waals surface area contributed by atoms with E-state index < -0.39 is 0 Å². The molecule has 124 valence electrons. The van der Waals surface area contributed by atoms with E-state index in [-0.39, 0.29) is 6.61 Å². The molecule has 1 aliphatic heterocycles. The number of nitrogens with zero attached hydrogens (tertiary/aromatic N) is 1. The average Bonchev–Trinajstić information content (AvgIpc) is 3.07. The maximum absolute atomic E-state index is 9.35. The number of aliphatic hydroxyl groups excluding tert-OH is 1. The zero-order valence-electron chi connectivity index (χ0n) is 14.0. The zero-order valence-corrected chi connectivity index (χ0v) is 14.0. The molecule has 0 saturated carbocycles. The van der Waals surface area contributed by atoms with Crippen LogP contribution in [0.15, 0.2) is 24.3 Å². The van der Waals surface area contributed by atoms with Gasteiger partial charge < -0.3 is 9.84 Å². The van der Waals surface area contributed by atoms with E-state index in [4.69, 9.17) is 4.74 Å². The van der Waals surface area contributed by atoms with Gasteiger partial charge in [0.05, 0.1) is 6.61 Å². The number of hydrogen-bond donors (Lipinski definition) is 1. The molecule has 0 aromatic heterocycles. The Kier molecular flexibility index (Phi) is 7.75. The summed E-state index contributed by atoms with van der Waals surface area (Å²) in [5.41, 5.74) is 1.30. The highest BCUT2D eigenvalue weighted by molar-refractivity contribution is 5.29. The Hall–Kier alpha value is -1.06. The molecule has 3 heteroatoms. The van der Waals surface area contributed by atoms with Crippen molar-refractivity contribution in [3.8, 4) is 5.75 Å². The first-order valence-corrected chi connectivity index (χ1v) is 8.93. The smallest absolute Gasteiger partial charge is 0.119 e. The van der Waals surface area contributed by atoms with Crippen LogP contribution in [0.25, 0.3) is 0 Å². The molecule has 1 heterocycles. The highest BCUT2D eigenvalue weighted by atomic mass is 16.5. The van der Waals surface area contributed by atoms with Crippen LogP contribution in [-0.2, 0) is 0 Å². The molecular weight excluding hydrogens is 274 g/mol. The summed E-state index contributed by atoms with van der Waals surface area (Å²) in [6.07, 6.45) is 8.32. The summed E-state index contributed by atoms with van der Waals surface area (Å²) >= 11 is 0. The molecule has 1 fully saturated rings. The fraction of sp³-hybridized carbons (Fsp3) is 0.684. The third kappa shape index (κ3) is 5.29. The summed E-state index contributed by atoms with van der Waals surface area (Å²) < 4.78 is 5.81. The SMILES string of the molecule is CCCCCCOc1ccc(C(CCO)N2CCCC2)cc1. The van der Waals surface area contributed by atoms with Crippen molar-refractivity contribution in [1.82, 2.24) is 4.90 Å². The molecule has 1 aromatic rings. The maximum Gasteiger partial charge on any atom is 0.119 e. The molecule has 1 unspecified atom stereocenters. The van der Waals surface area contributed by atoms with E-state index in [1.165, 1.54) is 37.7 Å². The quantitative estimate of drug-likeness (QED) is 0.659. The molecule has 0 radical (unpaired) electrons. The van der Waals surface area contributed by atoms with Gasteiger partial charge in [-0.15, -0.1) is 0 Å². The fourth-order valence-corrected chi connectivity index (χ4v) is 3.24. The van der Waals surface area contributed by atoms with Gasteiger partial charge in [-0.1, -0.05) is 38.3 Å². The molecule has 22 heavy (non-hydrogen) atoms. The lowest BCUT2D eigenvalue weighted by Crippen LogP contribution is -2.26. The van der Waals surface area contributed by atoms with Crippen LogP contribution in [0.5, 0.6) is 5.75 Å². The second-order valence-corrected chi connectivity index (χ2v) is 6.25. The molecule has 0 bridgehead atoms. The first-order valence-electron chi connectivity index (χ1n) is 8.93. The summed E-state index contributed by atoms with van der Waals surface area (Å²) in [5, 5.41) is 9.35.